The highest BCUT2D eigenvalue weighted by Crippen LogP contribution is 2.19. The third-order valence-electron chi connectivity index (χ3n) is 1.35. The van der Waals surface area contributed by atoms with Gasteiger partial charge in [0.25, 0.3) is 0 Å². The summed E-state index contributed by atoms with van der Waals surface area (Å²) in [6.45, 7) is 0. The number of ether oxygens (including phenoxy) is 1. The van der Waals surface area contributed by atoms with Crippen LogP contribution in [0.15, 0.2) is 0 Å². The number of carbonyl (C=O) groups is 2. The summed E-state index contributed by atoms with van der Waals surface area (Å²) in [6.07, 6.45) is -1.33. The Morgan fingerprint density at radius 1 is 1.50 bits per heavy atom. The first-order chi connectivity index (χ1) is 4.61. The van der Waals surface area contributed by atoms with Gasteiger partial charge in [-0.25, -0.2) is 4.79 Å². The van der Waals surface area contributed by atoms with Crippen LogP contribution in [0.25, 0.3) is 0 Å². The molecule has 5 heteroatoms. The van der Waals surface area contributed by atoms with Crippen LogP contribution in [0, 0.1) is 0 Å². The first kappa shape index (κ1) is 7.01. The highest BCUT2D eigenvalue weighted by molar-refractivity contribution is 5.83. The van der Waals surface area contributed by atoms with Gasteiger partial charge in [0.15, 0.2) is 6.10 Å². The summed E-state index contributed by atoms with van der Waals surface area (Å²) in [5.74, 6) is -1.64. The van der Waals surface area contributed by atoms with Crippen LogP contribution in [0.5, 0.6) is 0 Å². The average Bonchev–Trinajstić information content (AvgIpc) is 1.56. The van der Waals surface area contributed by atoms with E-state index in [4.69, 9.17) is 10.8 Å². The molecule has 0 aromatic carbocycles. The first-order valence-corrected chi connectivity index (χ1v) is 2.79. The molecule has 56 valence electrons. The molecule has 1 rings (SSSR count). The predicted octanol–water partition coefficient (Wildman–Crippen LogP) is -1.29. The van der Waals surface area contributed by atoms with Crippen LogP contribution in [-0.2, 0) is 14.3 Å². The third-order valence-corrected chi connectivity index (χ3v) is 1.35. The van der Waals surface area contributed by atoms with Crippen molar-refractivity contribution >= 4 is 11.9 Å². The largest absolute Gasteiger partial charge is 0.479 e. The molecule has 0 unspecified atom stereocenters. The van der Waals surface area contributed by atoms with Crippen molar-refractivity contribution < 1.29 is 19.4 Å². The van der Waals surface area contributed by atoms with Gasteiger partial charge in [0.2, 0.25) is 5.91 Å². The van der Waals surface area contributed by atoms with E-state index in [9.17, 15) is 9.59 Å². The van der Waals surface area contributed by atoms with E-state index in [0.29, 0.717) is 0 Å². The lowest BCUT2D eigenvalue weighted by atomic mass is 10.1. The number of nitrogens with two attached hydrogens (primary N) is 1. The summed E-state index contributed by atoms with van der Waals surface area (Å²) in [5, 5.41) is 8.26. The number of aliphatic carboxylic acids is 1. The van der Waals surface area contributed by atoms with Crippen molar-refractivity contribution in [3.63, 3.8) is 0 Å². The fraction of sp³-hybridized carbons (Fsp3) is 0.600. The Bertz CT molecular complexity index is 154. The fourth-order valence-electron chi connectivity index (χ4n) is 0.724. The van der Waals surface area contributed by atoms with Crippen molar-refractivity contribution in [2.24, 2.45) is 5.73 Å². The maximum atomic E-state index is 10.3. The normalized spacial score (nSPS) is 30.8. The van der Waals surface area contributed by atoms with Gasteiger partial charge in [-0.1, -0.05) is 0 Å². The molecule has 1 aliphatic rings. The number of rotatable bonds is 2. The van der Waals surface area contributed by atoms with E-state index < -0.39 is 24.1 Å². The first-order valence-electron chi connectivity index (χ1n) is 2.79. The second-order valence-electron chi connectivity index (χ2n) is 2.09. The van der Waals surface area contributed by atoms with E-state index >= 15 is 0 Å². The molecule has 0 radical (unpaired) electrons. The molecule has 1 fully saturated rings. The van der Waals surface area contributed by atoms with Gasteiger partial charge in [-0.05, 0) is 0 Å². The van der Waals surface area contributed by atoms with Crippen LogP contribution in [0.2, 0.25) is 0 Å². The highest BCUT2D eigenvalue weighted by atomic mass is 16.5. The van der Waals surface area contributed by atoms with Crippen molar-refractivity contribution in [2.75, 3.05) is 0 Å². The Labute approximate surface area is 56.8 Å². The van der Waals surface area contributed by atoms with Gasteiger partial charge >= 0.3 is 5.97 Å². The average molecular weight is 145 g/mol. The van der Waals surface area contributed by atoms with Crippen molar-refractivity contribution in [2.45, 2.75) is 18.6 Å². The third kappa shape index (κ3) is 1.08. The monoisotopic (exact) mass is 145 g/mol. The number of primary amides is 1. The number of carbonyl (C=O) groups excluding carboxylic acids is 1. The fourth-order valence-corrected chi connectivity index (χ4v) is 0.724. The van der Waals surface area contributed by atoms with E-state index in [1.54, 1.807) is 0 Å². The van der Waals surface area contributed by atoms with E-state index in [1.807, 2.05) is 0 Å². The van der Waals surface area contributed by atoms with Crippen molar-refractivity contribution in [1.82, 2.24) is 0 Å². The molecular weight excluding hydrogens is 138 g/mol. The van der Waals surface area contributed by atoms with Gasteiger partial charge in [0.1, 0.15) is 6.10 Å². The lowest BCUT2D eigenvalue weighted by Gasteiger charge is -2.30. The van der Waals surface area contributed by atoms with E-state index in [1.165, 1.54) is 0 Å². The molecule has 3 N–H and O–H groups in total. The maximum Gasteiger partial charge on any atom is 0.332 e. The molecule has 0 aliphatic carbocycles. The Hall–Kier alpha value is -1.10. The van der Waals surface area contributed by atoms with Crippen LogP contribution in [-0.4, -0.2) is 29.2 Å². The summed E-state index contributed by atoms with van der Waals surface area (Å²) in [7, 11) is 0. The van der Waals surface area contributed by atoms with Gasteiger partial charge in [0, 0.05) is 6.42 Å². The number of carboxylic acid groups (broad SMARTS) is 1. The predicted molar refractivity (Wildman–Crippen MR) is 30.1 cm³/mol. The molecule has 10 heavy (non-hydrogen) atoms. The van der Waals surface area contributed by atoms with Crippen LogP contribution in [0.3, 0.4) is 0 Å². The number of carboxylic acids is 1. The molecule has 1 heterocycles. The summed E-state index contributed by atoms with van der Waals surface area (Å²) in [4.78, 5) is 20.3. The number of hydrogen-bond donors (Lipinski definition) is 2. The van der Waals surface area contributed by atoms with Crippen molar-refractivity contribution in [3.05, 3.63) is 0 Å². The lowest BCUT2D eigenvalue weighted by Crippen LogP contribution is -2.49. The summed E-state index contributed by atoms with van der Waals surface area (Å²) in [5.41, 5.74) is 4.80. The number of amides is 1. The molecule has 5 nitrogen and oxygen atoms in total. The smallest absolute Gasteiger partial charge is 0.332 e. The molecule has 0 bridgehead atoms. The molecule has 1 aliphatic heterocycles. The van der Waals surface area contributed by atoms with Crippen molar-refractivity contribution in [1.29, 1.82) is 0 Å². The van der Waals surface area contributed by atoms with Crippen LogP contribution in [0.4, 0.5) is 0 Å². The molecule has 2 atom stereocenters. The second-order valence-corrected chi connectivity index (χ2v) is 2.09. The topological polar surface area (TPSA) is 89.6 Å². The molecule has 0 aromatic heterocycles. The molecular formula is C5H7NO4. The van der Waals surface area contributed by atoms with Gasteiger partial charge in [0.05, 0.1) is 0 Å². The summed E-state index contributed by atoms with van der Waals surface area (Å²) >= 11 is 0. The quantitative estimate of drug-likeness (QED) is 0.506. The Balaban J connectivity index is 2.31. The minimum absolute atomic E-state index is 0.199. The maximum absolute atomic E-state index is 10.3. The molecule has 1 amide bonds. The molecule has 1 saturated heterocycles. The SMILES string of the molecule is NC(=O)[C@H]1C[C@@H](C(=O)O)O1. The zero-order valence-electron chi connectivity index (χ0n) is 5.11. The molecule has 0 aromatic rings. The standard InChI is InChI=1S/C5H7NO4/c6-4(7)2-1-3(10-2)5(8)9/h2-3H,1H2,(H2,6,7)(H,8,9)/t2-,3+/m1/s1. The van der Waals surface area contributed by atoms with Gasteiger partial charge in [-0.2, -0.15) is 0 Å². The minimum atomic E-state index is -1.04. The Kier molecular flexibility index (Phi) is 1.58. The van der Waals surface area contributed by atoms with E-state index in [-0.39, 0.29) is 6.42 Å². The van der Waals surface area contributed by atoms with Crippen LogP contribution >= 0.6 is 0 Å². The lowest BCUT2D eigenvalue weighted by molar-refractivity contribution is -0.182. The highest BCUT2D eigenvalue weighted by Gasteiger charge is 2.38. The second kappa shape index (κ2) is 2.26. The van der Waals surface area contributed by atoms with Crippen LogP contribution < -0.4 is 5.73 Å². The van der Waals surface area contributed by atoms with E-state index in [2.05, 4.69) is 4.74 Å². The van der Waals surface area contributed by atoms with Crippen LogP contribution in [0.1, 0.15) is 6.42 Å². The Morgan fingerprint density at radius 2 is 2.00 bits per heavy atom. The zero-order valence-corrected chi connectivity index (χ0v) is 5.11. The molecule has 0 saturated carbocycles. The number of hydrogen-bond acceptors (Lipinski definition) is 3. The minimum Gasteiger partial charge on any atom is -0.479 e. The van der Waals surface area contributed by atoms with Gasteiger partial charge < -0.3 is 15.6 Å². The zero-order chi connectivity index (χ0) is 7.72. The molecule has 0 spiro atoms. The van der Waals surface area contributed by atoms with Gasteiger partial charge in [-0.15, -0.1) is 0 Å². The van der Waals surface area contributed by atoms with Gasteiger partial charge in [-0.3, -0.25) is 4.79 Å². The summed E-state index contributed by atoms with van der Waals surface area (Å²) < 4.78 is 4.59. The summed E-state index contributed by atoms with van der Waals surface area (Å²) in [6, 6.07) is 0. The van der Waals surface area contributed by atoms with Crippen molar-refractivity contribution in [3.8, 4) is 0 Å². The Morgan fingerprint density at radius 3 is 2.30 bits per heavy atom. The van der Waals surface area contributed by atoms with E-state index in [0.717, 1.165) is 0 Å².